The predicted octanol–water partition coefficient (Wildman–Crippen LogP) is 5.18. The van der Waals surface area contributed by atoms with Gasteiger partial charge in [-0.25, -0.2) is 0 Å². The first kappa shape index (κ1) is 24.7. The summed E-state index contributed by atoms with van der Waals surface area (Å²) in [6.07, 6.45) is 1.88. The number of nitrogens with zero attached hydrogens (tertiary/aromatic N) is 1. The Balaban J connectivity index is 2.11. The highest BCUT2D eigenvalue weighted by Crippen LogP contribution is 2.20. The Kier molecular flexibility index (Phi) is 9.86. The number of unbranched alkanes of at least 4 members (excludes halogenated alkanes) is 1. The largest absolute Gasteiger partial charge is 0.484 e. The Bertz CT molecular complexity index is 852. The van der Waals surface area contributed by atoms with Crippen molar-refractivity contribution in [3.63, 3.8) is 0 Å². The predicted molar refractivity (Wildman–Crippen MR) is 125 cm³/mol. The molecule has 0 saturated carbocycles. The SMILES string of the molecule is CCCCNC(=O)[C@H](C)N(Cc1ccccc1Cl)C(=O)COc1ccc(C(C)C)cc1. The van der Waals surface area contributed by atoms with Crippen molar-refractivity contribution in [2.45, 2.75) is 59.0 Å². The summed E-state index contributed by atoms with van der Waals surface area (Å²) in [5.74, 6) is 0.588. The lowest BCUT2D eigenvalue weighted by molar-refractivity contribution is -0.142. The van der Waals surface area contributed by atoms with Crippen LogP contribution in [0, 0.1) is 0 Å². The number of amides is 2. The topological polar surface area (TPSA) is 58.6 Å². The fourth-order valence-corrected chi connectivity index (χ4v) is 3.30. The molecule has 0 heterocycles. The van der Waals surface area contributed by atoms with Gasteiger partial charge in [0.15, 0.2) is 6.61 Å². The van der Waals surface area contributed by atoms with Gasteiger partial charge in [0.2, 0.25) is 5.91 Å². The summed E-state index contributed by atoms with van der Waals surface area (Å²) in [6, 6.07) is 14.4. The minimum absolute atomic E-state index is 0.155. The Morgan fingerprint density at radius 3 is 2.35 bits per heavy atom. The third kappa shape index (κ3) is 7.59. The third-order valence-electron chi connectivity index (χ3n) is 5.20. The number of rotatable bonds is 11. The molecule has 2 aromatic rings. The van der Waals surface area contributed by atoms with Crippen LogP contribution in [0.4, 0.5) is 0 Å². The molecule has 0 aromatic heterocycles. The van der Waals surface area contributed by atoms with E-state index in [1.54, 1.807) is 13.0 Å². The molecular weight excluding hydrogens is 412 g/mol. The Morgan fingerprint density at radius 2 is 1.74 bits per heavy atom. The number of carbonyl (C=O) groups is 2. The lowest BCUT2D eigenvalue weighted by Gasteiger charge is -2.29. The van der Waals surface area contributed by atoms with E-state index in [1.165, 1.54) is 10.5 Å². The summed E-state index contributed by atoms with van der Waals surface area (Å²) in [5.41, 5.74) is 1.99. The highest BCUT2D eigenvalue weighted by molar-refractivity contribution is 6.31. The zero-order valence-corrected chi connectivity index (χ0v) is 19.6. The highest BCUT2D eigenvalue weighted by atomic mass is 35.5. The van der Waals surface area contributed by atoms with E-state index in [0.29, 0.717) is 23.2 Å². The van der Waals surface area contributed by atoms with Crippen molar-refractivity contribution in [3.05, 3.63) is 64.7 Å². The molecule has 168 valence electrons. The molecule has 0 aliphatic heterocycles. The van der Waals surface area contributed by atoms with Gasteiger partial charge < -0.3 is 15.0 Å². The maximum Gasteiger partial charge on any atom is 0.261 e. The van der Waals surface area contributed by atoms with Gasteiger partial charge in [-0.05, 0) is 48.6 Å². The fourth-order valence-electron chi connectivity index (χ4n) is 3.11. The molecule has 2 aromatic carbocycles. The molecule has 0 fully saturated rings. The monoisotopic (exact) mass is 444 g/mol. The van der Waals surface area contributed by atoms with Gasteiger partial charge in [0.1, 0.15) is 11.8 Å². The van der Waals surface area contributed by atoms with Crippen molar-refractivity contribution in [3.8, 4) is 5.75 Å². The molecule has 5 nitrogen and oxygen atoms in total. The number of benzene rings is 2. The smallest absolute Gasteiger partial charge is 0.261 e. The van der Waals surface area contributed by atoms with E-state index in [1.807, 2.05) is 42.5 Å². The third-order valence-corrected chi connectivity index (χ3v) is 5.57. The Labute approximate surface area is 190 Å². The maximum atomic E-state index is 13.1. The number of hydrogen-bond donors (Lipinski definition) is 1. The summed E-state index contributed by atoms with van der Waals surface area (Å²) in [4.78, 5) is 27.2. The molecule has 0 spiro atoms. The number of hydrogen-bond acceptors (Lipinski definition) is 3. The molecule has 0 saturated heterocycles. The molecule has 1 N–H and O–H groups in total. The second-order valence-electron chi connectivity index (χ2n) is 7.95. The first-order valence-corrected chi connectivity index (χ1v) is 11.2. The average Bonchev–Trinajstić information content (AvgIpc) is 2.76. The lowest BCUT2D eigenvalue weighted by atomic mass is 10.0. The summed E-state index contributed by atoms with van der Waals surface area (Å²) < 4.78 is 5.72. The summed E-state index contributed by atoms with van der Waals surface area (Å²) in [6.45, 7) is 8.71. The van der Waals surface area contributed by atoms with Gasteiger partial charge in [-0.2, -0.15) is 0 Å². The van der Waals surface area contributed by atoms with Gasteiger partial charge in [0.05, 0.1) is 0 Å². The normalized spacial score (nSPS) is 11.8. The molecule has 6 heteroatoms. The molecule has 0 unspecified atom stereocenters. The van der Waals surface area contributed by atoms with Crippen LogP contribution in [-0.4, -0.2) is 35.9 Å². The van der Waals surface area contributed by atoms with Crippen molar-refractivity contribution in [2.24, 2.45) is 0 Å². The van der Waals surface area contributed by atoms with Gasteiger partial charge in [-0.15, -0.1) is 0 Å². The van der Waals surface area contributed by atoms with Crippen LogP contribution in [0.5, 0.6) is 5.75 Å². The second-order valence-corrected chi connectivity index (χ2v) is 8.35. The van der Waals surface area contributed by atoms with E-state index >= 15 is 0 Å². The molecule has 2 rings (SSSR count). The number of ether oxygens (including phenoxy) is 1. The first-order chi connectivity index (χ1) is 14.8. The Morgan fingerprint density at radius 1 is 1.06 bits per heavy atom. The van der Waals surface area contributed by atoms with E-state index in [-0.39, 0.29) is 25.0 Å². The summed E-state index contributed by atoms with van der Waals surface area (Å²) in [5, 5.41) is 3.46. The molecule has 1 atom stereocenters. The van der Waals surface area contributed by atoms with Crippen LogP contribution in [0.15, 0.2) is 48.5 Å². The van der Waals surface area contributed by atoms with Crippen LogP contribution < -0.4 is 10.1 Å². The molecular formula is C25H33ClN2O3. The number of nitrogens with one attached hydrogen (secondary N) is 1. The minimum Gasteiger partial charge on any atom is -0.484 e. The van der Waals surface area contributed by atoms with Gasteiger partial charge in [0.25, 0.3) is 5.91 Å². The quantitative estimate of drug-likeness (QED) is 0.486. The molecule has 0 aliphatic carbocycles. The lowest BCUT2D eigenvalue weighted by Crippen LogP contribution is -2.49. The van der Waals surface area contributed by atoms with Crippen molar-refractivity contribution in [1.29, 1.82) is 0 Å². The maximum absolute atomic E-state index is 13.1. The minimum atomic E-state index is -0.646. The van der Waals surface area contributed by atoms with Gasteiger partial charge in [0, 0.05) is 18.1 Å². The zero-order chi connectivity index (χ0) is 22.8. The summed E-state index contributed by atoms with van der Waals surface area (Å²) in [7, 11) is 0. The molecule has 0 radical (unpaired) electrons. The Hall–Kier alpha value is -2.53. The van der Waals surface area contributed by atoms with Crippen molar-refractivity contribution in [2.75, 3.05) is 13.2 Å². The standard InChI is InChI=1S/C25H33ClN2O3/c1-5-6-15-27-25(30)19(4)28(16-21-9-7-8-10-23(21)26)24(29)17-31-22-13-11-20(12-14-22)18(2)3/h7-14,18-19H,5-6,15-17H2,1-4H3,(H,27,30)/t19-/m0/s1. The molecule has 2 amide bonds. The molecule has 0 aliphatic rings. The van der Waals surface area contributed by atoms with Crippen molar-refractivity contribution >= 4 is 23.4 Å². The van der Waals surface area contributed by atoms with Gasteiger partial charge in [-0.1, -0.05) is 69.1 Å². The van der Waals surface area contributed by atoms with Crippen LogP contribution in [0.3, 0.4) is 0 Å². The van der Waals surface area contributed by atoms with Crippen LogP contribution in [0.2, 0.25) is 5.02 Å². The van der Waals surface area contributed by atoms with E-state index < -0.39 is 6.04 Å². The summed E-state index contributed by atoms with van der Waals surface area (Å²) >= 11 is 6.30. The van der Waals surface area contributed by atoms with Crippen LogP contribution in [-0.2, 0) is 16.1 Å². The van der Waals surface area contributed by atoms with Crippen LogP contribution in [0.25, 0.3) is 0 Å². The van der Waals surface area contributed by atoms with Crippen LogP contribution >= 0.6 is 11.6 Å². The number of carbonyl (C=O) groups excluding carboxylic acids is 2. The molecule has 0 bridgehead atoms. The van der Waals surface area contributed by atoms with Crippen molar-refractivity contribution < 1.29 is 14.3 Å². The highest BCUT2D eigenvalue weighted by Gasteiger charge is 2.27. The zero-order valence-electron chi connectivity index (χ0n) is 18.9. The fraction of sp³-hybridized carbons (Fsp3) is 0.440. The van der Waals surface area contributed by atoms with Crippen molar-refractivity contribution in [1.82, 2.24) is 10.2 Å². The van der Waals surface area contributed by atoms with Crippen LogP contribution in [0.1, 0.15) is 57.6 Å². The van der Waals surface area contributed by atoms with E-state index in [4.69, 9.17) is 16.3 Å². The first-order valence-electron chi connectivity index (χ1n) is 10.9. The average molecular weight is 445 g/mol. The van der Waals surface area contributed by atoms with Gasteiger partial charge >= 0.3 is 0 Å². The second kappa shape index (κ2) is 12.4. The van der Waals surface area contributed by atoms with E-state index in [0.717, 1.165) is 18.4 Å². The molecule has 31 heavy (non-hydrogen) atoms. The van der Waals surface area contributed by atoms with Gasteiger partial charge in [-0.3, -0.25) is 9.59 Å². The van der Waals surface area contributed by atoms with E-state index in [9.17, 15) is 9.59 Å². The number of halogens is 1. The van der Waals surface area contributed by atoms with E-state index in [2.05, 4.69) is 26.1 Å².